The Balaban J connectivity index is 2.19. The molecule has 0 radical (unpaired) electrons. The van der Waals surface area contributed by atoms with Crippen LogP contribution in [0.25, 0.3) is 0 Å². The lowest BCUT2D eigenvalue weighted by atomic mass is 10.2. The molecule has 20 heavy (non-hydrogen) atoms. The fourth-order valence-electron chi connectivity index (χ4n) is 1.67. The molecule has 0 aliphatic heterocycles. The van der Waals surface area contributed by atoms with Gasteiger partial charge in [-0.15, -0.1) is 0 Å². The molecule has 0 aromatic rings. The fraction of sp³-hybridized carbons (Fsp3) is 0.857. The van der Waals surface area contributed by atoms with Crippen molar-refractivity contribution in [3.63, 3.8) is 0 Å². The van der Waals surface area contributed by atoms with Crippen LogP contribution in [0.1, 0.15) is 47.5 Å². The van der Waals surface area contributed by atoms with E-state index in [0.717, 1.165) is 12.8 Å². The average molecular weight is 285 g/mol. The van der Waals surface area contributed by atoms with Crippen LogP contribution in [0.4, 0.5) is 4.79 Å². The molecule has 0 heterocycles. The maximum atomic E-state index is 11.8. The number of rotatable bonds is 6. The Morgan fingerprint density at radius 1 is 1.25 bits per heavy atom. The highest BCUT2D eigenvalue weighted by Crippen LogP contribution is 2.18. The number of alkyl carbamates (subject to hydrolysis) is 1. The van der Waals surface area contributed by atoms with Crippen molar-refractivity contribution in [2.75, 3.05) is 6.54 Å². The summed E-state index contributed by atoms with van der Waals surface area (Å²) in [5.74, 6) is 0.0108. The Morgan fingerprint density at radius 3 is 2.35 bits per heavy atom. The normalized spacial score (nSPS) is 18.1. The first kappa shape index (κ1) is 16.8. The standard InChI is InChI=1S/C14H27N3O3/c1-9(8-15-13(19)20-14(3,4)5)16-10(2)12(18)17-11-6-7-11/h9-11,16H,6-8H2,1-5H3,(H,15,19)(H,17,18). The van der Waals surface area contributed by atoms with Gasteiger partial charge >= 0.3 is 6.09 Å². The third-order valence-electron chi connectivity index (χ3n) is 2.80. The summed E-state index contributed by atoms with van der Waals surface area (Å²) in [7, 11) is 0. The quantitative estimate of drug-likeness (QED) is 0.684. The van der Waals surface area contributed by atoms with Gasteiger partial charge in [0, 0.05) is 18.6 Å². The Kier molecular flexibility index (Phi) is 5.80. The van der Waals surface area contributed by atoms with E-state index >= 15 is 0 Å². The first-order chi connectivity index (χ1) is 9.17. The molecule has 1 rings (SSSR count). The van der Waals surface area contributed by atoms with E-state index in [2.05, 4.69) is 16.0 Å². The highest BCUT2D eigenvalue weighted by molar-refractivity contribution is 5.81. The molecular formula is C14H27N3O3. The first-order valence-electron chi connectivity index (χ1n) is 7.20. The van der Waals surface area contributed by atoms with E-state index in [1.807, 2.05) is 34.6 Å². The zero-order valence-electron chi connectivity index (χ0n) is 13.1. The molecule has 0 bridgehead atoms. The number of hydrogen-bond acceptors (Lipinski definition) is 4. The summed E-state index contributed by atoms with van der Waals surface area (Å²) in [4.78, 5) is 23.3. The van der Waals surface area contributed by atoms with Crippen molar-refractivity contribution >= 4 is 12.0 Å². The van der Waals surface area contributed by atoms with Crippen LogP contribution >= 0.6 is 0 Å². The third-order valence-corrected chi connectivity index (χ3v) is 2.80. The van der Waals surface area contributed by atoms with Gasteiger partial charge in [0.15, 0.2) is 0 Å². The Hall–Kier alpha value is -1.30. The maximum Gasteiger partial charge on any atom is 0.407 e. The van der Waals surface area contributed by atoms with Gasteiger partial charge < -0.3 is 20.7 Å². The monoisotopic (exact) mass is 285 g/mol. The van der Waals surface area contributed by atoms with Gasteiger partial charge in [-0.1, -0.05) is 0 Å². The molecule has 0 spiro atoms. The molecule has 3 N–H and O–H groups in total. The molecule has 2 atom stereocenters. The van der Waals surface area contributed by atoms with Gasteiger partial charge in [-0.05, 0) is 47.5 Å². The summed E-state index contributed by atoms with van der Waals surface area (Å²) in [5.41, 5.74) is -0.502. The number of carbonyl (C=O) groups excluding carboxylic acids is 2. The molecule has 116 valence electrons. The first-order valence-corrected chi connectivity index (χ1v) is 7.20. The van der Waals surface area contributed by atoms with Crippen LogP contribution in [-0.4, -0.2) is 42.3 Å². The minimum absolute atomic E-state index is 0.0108. The summed E-state index contributed by atoms with van der Waals surface area (Å²) < 4.78 is 5.14. The summed E-state index contributed by atoms with van der Waals surface area (Å²) in [6, 6.07) is 0.0791. The van der Waals surface area contributed by atoms with Crippen molar-refractivity contribution in [1.29, 1.82) is 0 Å². The minimum Gasteiger partial charge on any atom is -0.444 e. The molecule has 1 fully saturated rings. The second kappa shape index (κ2) is 6.92. The van der Waals surface area contributed by atoms with Gasteiger partial charge in [0.1, 0.15) is 5.60 Å². The van der Waals surface area contributed by atoms with Gasteiger partial charge in [-0.3, -0.25) is 4.79 Å². The zero-order valence-corrected chi connectivity index (χ0v) is 13.1. The second-order valence-corrected chi connectivity index (χ2v) is 6.46. The van der Waals surface area contributed by atoms with Crippen molar-refractivity contribution in [1.82, 2.24) is 16.0 Å². The summed E-state index contributed by atoms with van der Waals surface area (Å²) in [5, 5.41) is 8.77. The molecule has 2 amide bonds. The summed E-state index contributed by atoms with van der Waals surface area (Å²) in [6.07, 6.45) is 1.71. The van der Waals surface area contributed by atoms with Crippen LogP contribution in [-0.2, 0) is 9.53 Å². The smallest absolute Gasteiger partial charge is 0.407 e. The Labute approximate surface area is 121 Å². The van der Waals surface area contributed by atoms with E-state index in [9.17, 15) is 9.59 Å². The average Bonchev–Trinajstić information content (AvgIpc) is 3.07. The zero-order chi connectivity index (χ0) is 15.3. The Morgan fingerprint density at radius 2 is 1.85 bits per heavy atom. The topological polar surface area (TPSA) is 79.5 Å². The van der Waals surface area contributed by atoms with Crippen LogP contribution < -0.4 is 16.0 Å². The predicted octanol–water partition coefficient (Wildman–Crippen LogP) is 1.16. The van der Waals surface area contributed by atoms with E-state index in [1.54, 1.807) is 0 Å². The van der Waals surface area contributed by atoms with E-state index in [-0.39, 0.29) is 18.0 Å². The summed E-state index contributed by atoms with van der Waals surface area (Å²) >= 11 is 0. The lowest BCUT2D eigenvalue weighted by Crippen LogP contribution is -2.50. The van der Waals surface area contributed by atoms with Crippen molar-refractivity contribution in [3.8, 4) is 0 Å². The van der Waals surface area contributed by atoms with Crippen molar-refractivity contribution in [2.45, 2.75) is 71.2 Å². The van der Waals surface area contributed by atoms with Gasteiger partial charge in [0.2, 0.25) is 5.91 Å². The van der Waals surface area contributed by atoms with Crippen molar-refractivity contribution in [2.24, 2.45) is 0 Å². The molecule has 1 saturated carbocycles. The van der Waals surface area contributed by atoms with Crippen LogP contribution in [0.3, 0.4) is 0 Å². The van der Waals surface area contributed by atoms with Crippen molar-refractivity contribution < 1.29 is 14.3 Å². The van der Waals surface area contributed by atoms with E-state index in [1.165, 1.54) is 0 Å². The number of hydrogen-bond donors (Lipinski definition) is 3. The third kappa shape index (κ3) is 7.33. The van der Waals surface area contributed by atoms with Gasteiger partial charge in [-0.2, -0.15) is 0 Å². The minimum atomic E-state index is -0.502. The number of ether oxygens (including phenoxy) is 1. The number of nitrogens with one attached hydrogen (secondary N) is 3. The SMILES string of the molecule is CC(CNC(=O)OC(C)(C)C)NC(C)C(=O)NC1CC1. The van der Waals surface area contributed by atoms with E-state index in [0.29, 0.717) is 12.6 Å². The largest absolute Gasteiger partial charge is 0.444 e. The second-order valence-electron chi connectivity index (χ2n) is 6.46. The number of amides is 2. The lowest BCUT2D eigenvalue weighted by molar-refractivity contribution is -0.123. The molecule has 0 aromatic carbocycles. The number of carbonyl (C=O) groups is 2. The predicted molar refractivity (Wildman–Crippen MR) is 77.5 cm³/mol. The lowest BCUT2D eigenvalue weighted by Gasteiger charge is -2.22. The van der Waals surface area contributed by atoms with Gasteiger partial charge in [-0.25, -0.2) is 4.79 Å². The molecule has 2 unspecified atom stereocenters. The molecule has 6 nitrogen and oxygen atoms in total. The molecule has 6 heteroatoms. The van der Waals surface area contributed by atoms with Crippen molar-refractivity contribution in [3.05, 3.63) is 0 Å². The van der Waals surface area contributed by atoms with E-state index < -0.39 is 11.7 Å². The Bertz CT molecular complexity index is 348. The molecule has 0 saturated heterocycles. The van der Waals surface area contributed by atoms with Crippen LogP contribution in [0.5, 0.6) is 0 Å². The highest BCUT2D eigenvalue weighted by Gasteiger charge is 2.26. The van der Waals surface area contributed by atoms with Gasteiger partial charge in [0.05, 0.1) is 6.04 Å². The molecule has 0 aromatic heterocycles. The van der Waals surface area contributed by atoms with E-state index in [4.69, 9.17) is 4.74 Å². The van der Waals surface area contributed by atoms with Crippen LogP contribution in [0, 0.1) is 0 Å². The summed E-state index contributed by atoms with van der Waals surface area (Å²) in [6.45, 7) is 9.60. The van der Waals surface area contributed by atoms with Crippen LogP contribution in [0.2, 0.25) is 0 Å². The molecular weight excluding hydrogens is 258 g/mol. The molecule has 1 aliphatic carbocycles. The molecule has 1 aliphatic rings. The van der Waals surface area contributed by atoms with Crippen LogP contribution in [0.15, 0.2) is 0 Å². The maximum absolute atomic E-state index is 11.8. The highest BCUT2D eigenvalue weighted by atomic mass is 16.6. The fourth-order valence-corrected chi connectivity index (χ4v) is 1.67. The van der Waals surface area contributed by atoms with Gasteiger partial charge in [0.25, 0.3) is 0 Å².